The second kappa shape index (κ2) is 8.00. The zero-order valence-corrected chi connectivity index (χ0v) is 11.5. The molecule has 0 saturated heterocycles. The zero-order valence-electron chi connectivity index (χ0n) is 10.7. The molecule has 1 rings (SSSR count). The van der Waals surface area contributed by atoms with Crippen molar-refractivity contribution in [3.05, 3.63) is 29.8 Å². The number of methoxy groups -OCH3 is 1. The molecule has 0 fully saturated rings. The molecule has 0 heterocycles. The number of carbonyl (C=O) groups excluding carboxylic acids is 1. The molecule has 1 aromatic rings. The predicted molar refractivity (Wildman–Crippen MR) is 69.9 cm³/mol. The van der Waals surface area contributed by atoms with Crippen LogP contribution < -0.4 is 0 Å². The van der Waals surface area contributed by atoms with E-state index < -0.39 is 10.8 Å². The minimum atomic E-state index is -0.961. The summed E-state index contributed by atoms with van der Waals surface area (Å²) in [5.41, 5.74) is 1.04. The Balaban J connectivity index is 2.34. The quantitative estimate of drug-likeness (QED) is 0.557. The van der Waals surface area contributed by atoms with E-state index in [1.807, 2.05) is 24.3 Å². The van der Waals surface area contributed by atoms with Gasteiger partial charge in [-0.1, -0.05) is 12.1 Å². The number of esters is 1. The SMILES string of the molecule is COCCOC(=O)CCc1ccc(S(C)=O)cc1. The summed E-state index contributed by atoms with van der Waals surface area (Å²) in [6.45, 7) is 0.714. The number of ether oxygens (including phenoxy) is 2. The van der Waals surface area contributed by atoms with E-state index >= 15 is 0 Å². The number of rotatable bonds is 7. The summed E-state index contributed by atoms with van der Waals surface area (Å²) in [4.78, 5) is 12.1. The van der Waals surface area contributed by atoms with E-state index in [1.54, 1.807) is 13.4 Å². The first kappa shape index (κ1) is 14.9. The highest BCUT2D eigenvalue weighted by Crippen LogP contribution is 2.09. The van der Waals surface area contributed by atoms with Gasteiger partial charge < -0.3 is 9.47 Å². The second-order valence-electron chi connectivity index (χ2n) is 3.81. The van der Waals surface area contributed by atoms with Gasteiger partial charge in [0.15, 0.2) is 0 Å². The molecular weight excluding hydrogens is 252 g/mol. The molecule has 100 valence electrons. The van der Waals surface area contributed by atoms with Gasteiger partial charge in [-0.2, -0.15) is 0 Å². The van der Waals surface area contributed by atoms with Crippen LogP contribution in [0.15, 0.2) is 29.2 Å². The van der Waals surface area contributed by atoms with Crippen molar-refractivity contribution in [2.75, 3.05) is 26.6 Å². The molecule has 0 aliphatic heterocycles. The van der Waals surface area contributed by atoms with Crippen LogP contribution in [-0.2, 0) is 31.5 Å². The fourth-order valence-corrected chi connectivity index (χ4v) is 1.92. The molecule has 0 aliphatic carbocycles. The van der Waals surface area contributed by atoms with Crippen LogP contribution in [0.3, 0.4) is 0 Å². The Morgan fingerprint density at radius 3 is 2.44 bits per heavy atom. The monoisotopic (exact) mass is 270 g/mol. The maximum Gasteiger partial charge on any atom is 0.306 e. The summed E-state index contributed by atoms with van der Waals surface area (Å²) >= 11 is 0. The molecule has 0 amide bonds. The number of aryl methyl sites for hydroxylation is 1. The summed E-state index contributed by atoms with van der Waals surface area (Å²) in [6.07, 6.45) is 2.61. The average molecular weight is 270 g/mol. The third kappa shape index (κ3) is 5.42. The van der Waals surface area contributed by atoms with Gasteiger partial charge in [0.2, 0.25) is 0 Å². The van der Waals surface area contributed by atoms with Crippen molar-refractivity contribution < 1.29 is 18.5 Å². The van der Waals surface area contributed by atoms with Crippen LogP contribution in [0.25, 0.3) is 0 Å². The highest BCUT2D eigenvalue weighted by Gasteiger charge is 2.04. The van der Waals surface area contributed by atoms with Gasteiger partial charge in [-0.25, -0.2) is 0 Å². The molecule has 0 aromatic heterocycles. The summed E-state index contributed by atoms with van der Waals surface area (Å²) < 4.78 is 20.9. The maximum atomic E-state index is 11.3. The summed E-state index contributed by atoms with van der Waals surface area (Å²) in [5, 5.41) is 0. The standard InChI is InChI=1S/C13H18O4S/c1-16-9-10-17-13(14)8-5-11-3-6-12(7-4-11)18(2)15/h3-4,6-7H,5,8-10H2,1-2H3. The van der Waals surface area contributed by atoms with Gasteiger partial charge in [-0.15, -0.1) is 0 Å². The number of carbonyl (C=O) groups is 1. The number of hydrogen-bond donors (Lipinski definition) is 0. The molecule has 0 bridgehead atoms. The summed E-state index contributed by atoms with van der Waals surface area (Å²) in [5.74, 6) is -0.227. The van der Waals surface area contributed by atoms with Crippen LogP contribution >= 0.6 is 0 Å². The van der Waals surface area contributed by atoms with Gasteiger partial charge in [0.25, 0.3) is 0 Å². The highest BCUT2D eigenvalue weighted by molar-refractivity contribution is 7.84. The molecule has 1 aromatic carbocycles. The first-order valence-electron chi connectivity index (χ1n) is 5.70. The molecule has 1 atom stereocenters. The fourth-order valence-electron chi connectivity index (χ4n) is 1.41. The Bertz CT molecular complexity index is 400. The van der Waals surface area contributed by atoms with Crippen LogP contribution in [0.4, 0.5) is 0 Å². The Morgan fingerprint density at radius 1 is 1.22 bits per heavy atom. The molecule has 0 aliphatic rings. The first-order chi connectivity index (χ1) is 8.63. The van der Waals surface area contributed by atoms with Gasteiger partial charge in [0, 0.05) is 35.5 Å². The third-order valence-corrected chi connectivity index (χ3v) is 3.36. The molecule has 5 heteroatoms. The minimum Gasteiger partial charge on any atom is -0.463 e. The Labute approximate surface area is 110 Å². The van der Waals surface area contributed by atoms with Gasteiger partial charge in [-0.3, -0.25) is 9.00 Å². The molecule has 4 nitrogen and oxygen atoms in total. The molecule has 0 saturated carbocycles. The van der Waals surface area contributed by atoms with Crippen LogP contribution in [0.1, 0.15) is 12.0 Å². The smallest absolute Gasteiger partial charge is 0.306 e. The second-order valence-corrected chi connectivity index (χ2v) is 5.19. The number of hydrogen-bond acceptors (Lipinski definition) is 4. The van der Waals surface area contributed by atoms with Gasteiger partial charge in [-0.05, 0) is 24.1 Å². The largest absolute Gasteiger partial charge is 0.463 e. The van der Waals surface area contributed by atoms with Crippen LogP contribution in [0, 0.1) is 0 Å². The fraction of sp³-hybridized carbons (Fsp3) is 0.462. The van der Waals surface area contributed by atoms with E-state index in [-0.39, 0.29) is 5.97 Å². The summed E-state index contributed by atoms with van der Waals surface area (Å²) in [6, 6.07) is 7.42. The number of benzene rings is 1. The Hall–Kier alpha value is -1.20. The normalized spacial score (nSPS) is 12.1. The van der Waals surface area contributed by atoms with E-state index in [2.05, 4.69) is 0 Å². The molecule has 1 unspecified atom stereocenters. The van der Waals surface area contributed by atoms with Crippen molar-refractivity contribution in [1.82, 2.24) is 0 Å². The lowest BCUT2D eigenvalue weighted by Gasteiger charge is -2.04. The van der Waals surface area contributed by atoms with Gasteiger partial charge >= 0.3 is 5.97 Å². The van der Waals surface area contributed by atoms with E-state index in [9.17, 15) is 9.00 Å². The van der Waals surface area contributed by atoms with Crippen molar-refractivity contribution in [2.24, 2.45) is 0 Å². The molecular formula is C13H18O4S. The van der Waals surface area contributed by atoms with Crippen molar-refractivity contribution in [1.29, 1.82) is 0 Å². The Kier molecular flexibility index (Phi) is 6.60. The zero-order chi connectivity index (χ0) is 13.4. The van der Waals surface area contributed by atoms with E-state index in [1.165, 1.54) is 0 Å². The lowest BCUT2D eigenvalue weighted by Crippen LogP contribution is -2.10. The average Bonchev–Trinajstić information content (AvgIpc) is 2.37. The van der Waals surface area contributed by atoms with Crippen molar-refractivity contribution in [2.45, 2.75) is 17.7 Å². The predicted octanol–water partition coefficient (Wildman–Crippen LogP) is 1.55. The lowest BCUT2D eigenvalue weighted by atomic mass is 10.1. The van der Waals surface area contributed by atoms with Crippen LogP contribution in [-0.4, -0.2) is 36.8 Å². The van der Waals surface area contributed by atoms with Crippen molar-refractivity contribution in [3.8, 4) is 0 Å². The van der Waals surface area contributed by atoms with E-state index in [0.717, 1.165) is 10.5 Å². The van der Waals surface area contributed by atoms with Crippen molar-refractivity contribution in [3.63, 3.8) is 0 Å². The minimum absolute atomic E-state index is 0.227. The highest BCUT2D eigenvalue weighted by atomic mass is 32.2. The molecule has 0 N–H and O–H groups in total. The van der Waals surface area contributed by atoms with Crippen molar-refractivity contribution >= 4 is 16.8 Å². The molecule has 0 radical (unpaired) electrons. The van der Waals surface area contributed by atoms with Crippen LogP contribution in [0.2, 0.25) is 0 Å². The molecule has 0 spiro atoms. The van der Waals surface area contributed by atoms with Gasteiger partial charge in [0.05, 0.1) is 6.61 Å². The van der Waals surface area contributed by atoms with Crippen LogP contribution in [0.5, 0.6) is 0 Å². The topological polar surface area (TPSA) is 52.6 Å². The first-order valence-corrected chi connectivity index (χ1v) is 7.26. The summed E-state index contributed by atoms with van der Waals surface area (Å²) in [7, 11) is 0.602. The Morgan fingerprint density at radius 2 is 1.89 bits per heavy atom. The lowest BCUT2D eigenvalue weighted by molar-refractivity contribution is -0.144. The molecule has 18 heavy (non-hydrogen) atoms. The van der Waals surface area contributed by atoms with Gasteiger partial charge in [0.1, 0.15) is 6.61 Å². The third-order valence-electron chi connectivity index (χ3n) is 2.42. The maximum absolute atomic E-state index is 11.3. The van der Waals surface area contributed by atoms with E-state index in [4.69, 9.17) is 9.47 Å². The van der Waals surface area contributed by atoms with E-state index in [0.29, 0.717) is 26.1 Å².